The molecule has 5 heteroatoms. The lowest BCUT2D eigenvalue weighted by Crippen LogP contribution is -2.44. The Morgan fingerprint density at radius 3 is 2.56 bits per heavy atom. The maximum absolute atomic E-state index is 9.72. The molecule has 0 bridgehead atoms. The summed E-state index contributed by atoms with van der Waals surface area (Å²) in [4.78, 5) is 4.75. The average Bonchev–Trinajstić information content (AvgIpc) is 2.65. The molecule has 0 radical (unpaired) electrons. The topological polar surface area (TPSA) is 76.9 Å². The lowest BCUT2D eigenvalue weighted by Gasteiger charge is -2.31. The minimum atomic E-state index is 0.231. The lowest BCUT2D eigenvalue weighted by molar-refractivity contribution is 0.308. The van der Waals surface area contributed by atoms with Crippen molar-refractivity contribution < 1.29 is 10.2 Å². The number of nitrogens with zero attached hydrogens (tertiary/aromatic N) is 1. The van der Waals surface area contributed by atoms with Crippen LogP contribution in [-0.2, 0) is 6.42 Å². The third kappa shape index (κ3) is 5.91. The summed E-state index contributed by atoms with van der Waals surface area (Å²) in [5, 5.41) is 26.0. The standard InChI is InChI=1S/C22H29N3O2/c1-16-5-2-3-8-21(16)25-22(24-18-6-4-7-20(27)15-18)23-14-13-17-9-11-19(26)12-10-17/h4,6-7,9-12,15-16,21,26-27H,2-3,5,8,13-14H2,1H3,(H2,23,24,25). The Morgan fingerprint density at radius 2 is 1.81 bits per heavy atom. The van der Waals surface area contributed by atoms with E-state index in [1.165, 1.54) is 19.3 Å². The van der Waals surface area contributed by atoms with Crippen LogP contribution in [0.3, 0.4) is 0 Å². The molecular weight excluding hydrogens is 338 g/mol. The van der Waals surface area contributed by atoms with Crippen LogP contribution in [0.4, 0.5) is 5.69 Å². The van der Waals surface area contributed by atoms with Crippen molar-refractivity contribution in [2.45, 2.75) is 45.1 Å². The van der Waals surface area contributed by atoms with Gasteiger partial charge in [-0.05, 0) is 55.0 Å². The zero-order valence-corrected chi connectivity index (χ0v) is 15.9. The molecule has 2 atom stereocenters. The van der Waals surface area contributed by atoms with Crippen LogP contribution < -0.4 is 10.6 Å². The smallest absolute Gasteiger partial charge is 0.196 e. The predicted octanol–water partition coefficient (Wildman–Crippen LogP) is 4.28. The van der Waals surface area contributed by atoms with E-state index in [0.717, 1.165) is 30.1 Å². The zero-order chi connectivity index (χ0) is 19.1. The molecule has 2 aromatic rings. The van der Waals surface area contributed by atoms with Crippen molar-refractivity contribution >= 4 is 11.6 Å². The molecule has 0 aromatic heterocycles. The number of nitrogens with one attached hydrogen (secondary N) is 2. The molecule has 3 rings (SSSR count). The monoisotopic (exact) mass is 367 g/mol. The van der Waals surface area contributed by atoms with Gasteiger partial charge in [0.25, 0.3) is 0 Å². The van der Waals surface area contributed by atoms with Crippen LogP contribution >= 0.6 is 0 Å². The molecule has 1 saturated carbocycles. The highest BCUT2D eigenvalue weighted by atomic mass is 16.3. The third-order valence-corrected chi connectivity index (χ3v) is 5.15. The summed E-state index contributed by atoms with van der Waals surface area (Å²) in [7, 11) is 0. The molecule has 0 heterocycles. The van der Waals surface area contributed by atoms with Gasteiger partial charge in [-0.1, -0.05) is 38.0 Å². The summed E-state index contributed by atoms with van der Waals surface area (Å²) in [5.41, 5.74) is 1.95. The Bertz CT molecular complexity index is 758. The molecule has 0 amide bonds. The summed E-state index contributed by atoms with van der Waals surface area (Å²) < 4.78 is 0. The van der Waals surface area contributed by atoms with Gasteiger partial charge in [-0.3, -0.25) is 4.99 Å². The van der Waals surface area contributed by atoms with Gasteiger partial charge in [0.05, 0.1) is 0 Å². The Morgan fingerprint density at radius 1 is 1.04 bits per heavy atom. The van der Waals surface area contributed by atoms with E-state index < -0.39 is 0 Å². The first-order valence-corrected chi connectivity index (χ1v) is 9.75. The summed E-state index contributed by atoms with van der Waals surface area (Å²) in [6.07, 6.45) is 5.74. The summed E-state index contributed by atoms with van der Waals surface area (Å²) in [5.74, 6) is 1.88. The molecule has 144 valence electrons. The first kappa shape index (κ1) is 19.1. The quantitative estimate of drug-likeness (QED) is 0.470. The number of guanidine groups is 1. The highest BCUT2D eigenvalue weighted by Crippen LogP contribution is 2.24. The van der Waals surface area contributed by atoms with Crippen molar-refractivity contribution in [1.29, 1.82) is 0 Å². The van der Waals surface area contributed by atoms with Gasteiger partial charge in [0.1, 0.15) is 11.5 Å². The van der Waals surface area contributed by atoms with Gasteiger partial charge in [-0.2, -0.15) is 0 Å². The van der Waals surface area contributed by atoms with Crippen LogP contribution in [0.5, 0.6) is 11.5 Å². The second-order valence-electron chi connectivity index (χ2n) is 7.33. The normalized spacial score (nSPS) is 20.3. The third-order valence-electron chi connectivity index (χ3n) is 5.15. The van der Waals surface area contributed by atoms with E-state index in [0.29, 0.717) is 18.5 Å². The van der Waals surface area contributed by atoms with Crippen molar-refractivity contribution in [3.8, 4) is 11.5 Å². The zero-order valence-electron chi connectivity index (χ0n) is 15.9. The first-order valence-electron chi connectivity index (χ1n) is 9.75. The van der Waals surface area contributed by atoms with Gasteiger partial charge in [-0.15, -0.1) is 0 Å². The molecule has 5 nitrogen and oxygen atoms in total. The Kier molecular flexibility index (Phi) is 6.58. The SMILES string of the molecule is CC1CCCCC1NC(=NCCc1ccc(O)cc1)Nc1cccc(O)c1. The van der Waals surface area contributed by atoms with Crippen molar-refractivity contribution in [3.05, 3.63) is 54.1 Å². The minimum Gasteiger partial charge on any atom is -0.508 e. The van der Waals surface area contributed by atoms with Gasteiger partial charge in [0.2, 0.25) is 0 Å². The van der Waals surface area contributed by atoms with Crippen LogP contribution in [0.25, 0.3) is 0 Å². The molecule has 2 aromatic carbocycles. The van der Waals surface area contributed by atoms with Gasteiger partial charge >= 0.3 is 0 Å². The summed E-state index contributed by atoms with van der Waals surface area (Å²) >= 11 is 0. The van der Waals surface area contributed by atoms with Crippen molar-refractivity contribution in [3.63, 3.8) is 0 Å². The number of aromatic hydroxyl groups is 2. The van der Waals surface area contributed by atoms with E-state index in [4.69, 9.17) is 4.99 Å². The van der Waals surface area contributed by atoms with Crippen LogP contribution in [0.1, 0.15) is 38.2 Å². The number of benzene rings is 2. The number of anilines is 1. The molecule has 0 saturated heterocycles. The second kappa shape index (κ2) is 9.31. The fraction of sp³-hybridized carbons (Fsp3) is 0.409. The van der Waals surface area contributed by atoms with Crippen LogP contribution in [-0.4, -0.2) is 28.8 Å². The number of rotatable bonds is 5. The Hall–Kier alpha value is -2.69. The molecule has 1 aliphatic rings. The predicted molar refractivity (Wildman–Crippen MR) is 110 cm³/mol. The summed E-state index contributed by atoms with van der Waals surface area (Å²) in [6.45, 7) is 2.93. The van der Waals surface area contributed by atoms with Gasteiger partial charge in [0, 0.05) is 24.3 Å². The maximum atomic E-state index is 9.72. The Labute approximate surface area is 161 Å². The van der Waals surface area contributed by atoms with E-state index >= 15 is 0 Å². The largest absolute Gasteiger partial charge is 0.508 e. The highest BCUT2D eigenvalue weighted by molar-refractivity contribution is 5.94. The van der Waals surface area contributed by atoms with E-state index in [-0.39, 0.29) is 11.5 Å². The molecular formula is C22H29N3O2. The van der Waals surface area contributed by atoms with Crippen LogP contribution in [0.2, 0.25) is 0 Å². The molecule has 0 aliphatic heterocycles. The molecule has 4 N–H and O–H groups in total. The fourth-order valence-corrected chi connectivity index (χ4v) is 3.51. The van der Waals surface area contributed by atoms with Crippen molar-refractivity contribution in [1.82, 2.24) is 5.32 Å². The number of aliphatic imine (C=N–C) groups is 1. The number of hydrogen-bond donors (Lipinski definition) is 4. The van der Waals surface area contributed by atoms with Gasteiger partial charge in [-0.25, -0.2) is 0 Å². The first-order chi connectivity index (χ1) is 13.1. The summed E-state index contributed by atoms with van der Waals surface area (Å²) in [6, 6.07) is 14.7. The highest BCUT2D eigenvalue weighted by Gasteiger charge is 2.22. The second-order valence-corrected chi connectivity index (χ2v) is 7.33. The maximum Gasteiger partial charge on any atom is 0.196 e. The minimum absolute atomic E-state index is 0.231. The number of hydrogen-bond acceptors (Lipinski definition) is 3. The van der Waals surface area contributed by atoms with Gasteiger partial charge < -0.3 is 20.8 Å². The van der Waals surface area contributed by atoms with E-state index in [1.807, 2.05) is 24.3 Å². The number of phenols is 2. The number of phenolic OH excluding ortho intramolecular Hbond substituents is 2. The molecule has 1 aliphatic carbocycles. The van der Waals surface area contributed by atoms with Crippen LogP contribution in [0.15, 0.2) is 53.5 Å². The van der Waals surface area contributed by atoms with E-state index in [1.54, 1.807) is 24.3 Å². The van der Waals surface area contributed by atoms with Crippen molar-refractivity contribution in [2.75, 3.05) is 11.9 Å². The molecule has 2 unspecified atom stereocenters. The molecule has 27 heavy (non-hydrogen) atoms. The molecule has 1 fully saturated rings. The van der Waals surface area contributed by atoms with E-state index in [9.17, 15) is 10.2 Å². The molecule has 0 spiro atoms. The van der Waals surface area contributed by atoms with Crippen LogP contribution in [0, 0.1) is 5.92 Å². The van der Waals surface area contributed by atoms with E-state index in [2.05, 4.69) is 17.6 Å². The van der Waals surface area contributed by atoms with Gasteiger partial charge in [0.15, 0.2) is 5.96 Å². The van der Waals surface area contributed by atoms with Crippen molar-refractivity contribution in [2.24, 2.45) is 10.9 Å². The fourth-order valence-electron chi connectivity index (χ4n) is 3.51. The Balaban J connectivity index is 1.68. The lowest BCUT2D eigenvalue weighted by atomic mass is 9.86. The average molecular weight is 367 g/mol.